The molecule has 1 aromatic heterocycles. The molecule has 0 unspecified atom stereocenters. The third-order valence-corrected chi connectivity index (χ3v) is 3.32. The Morgan fingerprint density at radius 3 is 2.93 bits per heavy atom. The summed E-state index contributed by atoms with van der Waals surface area (Å²) in [5.74, 6) is 0. The second kappa shape index (κ2) is 3.22. The number of aromatic nitrogens is 2. The molecule has 0 aromatic carbocycles. The van der Waals surface area contributed by atoms with E-state index in [2.05, 4.69) is 20.4 Å². The SMILES string of the molecule is Clc1nn(C2CNC2)c2c1CCNC2. The van der Waals surface area contributed by atoms with Gasteiger partial charge in [0.2, 0.25) is 0 Å². The first-order valence-electron chi connectivity index (χ1n) is 5.03. The quantitative estimate of drug-likeness (QED) is 0.705. The number of hydrogen-bond donors (Lipinski definition) is 2. The summed E-state index contributed by atoms with van der Waals surface area (Å²) < 4.78 is 2.10. The molecule has 1 aromatic rings. The van der Waals surface area contributed by atoms with Gasteiger partial charge in [0, 0.05) is 25.2 Å². The number of halogens is 1. The summed E-state index contributed by atoms with van der Waals surface area (Å²) in [5, 5.41) is 11.7. The molecule has 1 fully saturated rings. The molecule has 0 atom stereocenters. The lowest BCUT2D eigenvalue weighted by atomic mass is 10.1. The standard InChI is InChI=1S/C9H13ClN4/c10-9-7-1-2-11-5-8(7)14(13-9)6-3-12-4-6/h6,11-12H,1-5H2. The van der Waals surface area contributed by atoms with Crippen LogP contribution < -0.4 is 10.6 Å². The van der Waals surface area contributed by atoms with E-state index in [1.54, 1.807) is 0 Å². The van der Waals surface area contributed by atoms with E-state index in [4.69, 9.17) is 11.6 Å². The molecule has 0 aliphatic carbocycles. The van der Waals surface area contributed by atoms with Gasteiger partial charge >= 0.3 is 0 Å². The lowest BCUT2D eigenvalue weighted by molar-refractivity contribution is 0.307. The van der Waals surface area contributed by atoms with Gasteiger partial charge in [0.1, 0.15) is 0 Å². The van der Waals surface area contributed by atoms with E-state index >= 15 is 0 Å². The number of hydrogen-bond acceptors (Lipinski definition) is 3. The van der Waals surface area contributed by atoms with Crippen molar-refractivity contribution in [2.45, 2.75) is 19.0 Å². The minimum atomic E-state index is 0.510. The Bertz CT molecular complexity index is 356. The molecule has 76 valence electrons. The van der Waals surface area contributed by atoms with Crippen molar-refractivity contribution in [3.05, 3.63) is 16.4 Å². The Balaban J connectivity index is 2.02. The van der Waals surface area contributed by atoms with E-state index in [1.807, 2.05) is 0 Å². The smallest absolute Gasteiger partial charge is 0.154 e. The first kappa shape index (κ1) is 8.71. The van der Waals surface area contributed by atoms with Crippen molar-refractivity contribution in [1.29, 1.82) is 0 Å². The Morgan fingerprint density at radius 2 is 2.21 bits per heavy atom. The monoisotopic (exact) mass is 212 g/mol. The van der Waals surface area contributed by atoms with Gasteiger partial charge in [-0.1, -0.05) is 11.6 Å². The highest BCUT2D eigenvalue weighted by molar-refractivity contribution is 6.30. The van der Waals surface area contributed by atoms with Gasteiger partial charge in [-0.2, -0.15) is 5.10 Å². The second-order valence-corrected chi connectivity index (χ2v) is 4.26. The summed E-state index contributed by atoms with van der Waals surface area (Å²) in [6.07, 6.45) is 1.01. The molecule has 3 rings (SSSR count). The molecule has 1 saturated heterocycles. The maximum Gasteiger partial charge on any atom is 0.154 e. The highest BCUT2D eigenvalue weighted by Gasteiger charge is 2.27. The number of rotatable bonds is 1. The van der Waals surface area contributed by atoms with Crippen LogP contribution >= 0.6 is 11.6 Å². The van der Waals surface area contributed by atoms with Crippen molar-refractivity contribution in [3.63, 3.8) is 0 Å². The van der Waals surface area contributed by atoms with Gasteiger partial charge in [0.05, 0.1) is 11.7 Å². The van der Waals surface area contributed by atoms with Crippen LogP contribution in [-0.2, 0) is 13.0 Å². The van der Waals surface area contributed by atoms with E-state index < -0.39 is 0 Å². The molecule has 2 aliphatic heterocycles. The van der Waals surface area contributed by atoms with Gasteiger partial charge in [-0.05, 0) is 13.0 Å². The van der Waals surface area contributed by atoms with E-state index in [0.29, 0.717) is 11.2 Å². The first-order chi connectivity index (χ1) is 6.86. The van der Waals surface area contributed by atoms with E-state index in [-0.39, 0.29) is 0 Å². The molecule has 0 radical (unpaired) electrons. The van der Waals surface area contributed by atoms with Gasteiger partial charge in [-0.25, -0.2) is 0 Å². The van der Waals surface area contributed by atoms with Crippen molar-refractivity contribution in [1.82, 2.24) is 20.4 Å². The molecule has 4 nitrogen and oxygen atoms in total. The third kappa shape index (κ3) is 1.18. The summed E-state index contributed by atoms with van der Waals surface area (Å²) in [6, 6.07) is 0.510. The summed E-state index contributed by atoms with van der Waals surface area (Å²) in [6.45, 7) is 3.96. The van der Waals surface area contributed by atoms with Gasteiger partial charge in [-0.15, -0.1) is 0 Å². The van der Waals surface area contributed by atoms with Crippen molar-refractivity contribution in [2.24, 2.45) is 0 Å². The predicted octanol–water partition coefficient (Wildman–Crippen LogP) is 0.326. The molecule has 0 amide bonds. The Labute approximate surface area is 87.6 Å². The average Bonchev–Trinajstić information content (AvgIpc) is 2.43. The molecule has 2 aliphatic rings. The zero-order chi connectivity index (χ0) is 9.54. The topological polar surface area (TPSA) is 41.9 Å². The Morgan fingerprint density at radius 1 is 1.36 bits per heavy atom. The third-order valence-electron chi connectivity index (χ3n) is 3.02. The second-order valence-electron chi connectivity index (χ2n) is 3.90. The van der Waals surface area contributed by atoms with E-state index in [9.17, 15) is 0 Å². The molecular formula is C9H13ClN4. The van der Waals surface area contributed by atoms with E-state index in [0.717, 1.165) is 32.6 Å². The fourth-order valence-electron chi connectivity index (χ4n) is 2.08. The molecule has 5 heteroatoms. The highest BCUT2D eigenvalue weighted by Crippen LogP contribution is 2.26. The molecule has 2 N–H and O–H groups in total. The van der Waals surface area contributed by atoms with Crippen LogP contribution in [0.3, 0.4) is 0 Å². The fourth-order valence-corrected chi connectivity index (χ4v) is 2.36. The summed E-state index contributed by atoms with van der Waals surface area (Å²) >= 11 is 6.11. The van der Waals surface area contributed by atoms with Crippen LogP contribution in [0.1, 0.15) is 17.3 Å². The molecule has 3 heterocycles. The summed E-state index contributed by atoms with van der Waals surface area (Å²) in [7, 11) is 0. The molecule has 0 saturated carbocycles. The fraction of sp³-hybridized carbons (Fsp3) is 0.667. The van der Waals surface area contributed by atoms with Crippen molar-refractivity contribution in [3.8, 4) is 0 Å². The summed E-state index contributed by atoms with van der Waals surface area (Å²) in [5.41, 5.74) is 2.53. The van der Waals surface area contributed by atoms with Crippen LogP contribution in [0.4, 0.5) is 0 Å². The lowest BCUT2D eigenvalue weighted by Gasteiger charge is -2.29. The zero-order valence-corrected chi connectivity index (χ0v) is 8.64. The normalized spacial score (nSPS) is 21.8. The van der Waals surface area contributed by atoms with Crippen molar-refractivity contribution >= 4 is 11.6 Å². The van der Waals surface area contributed by atoms with Crippen molar-refractivity contribution < 1.29 is 0 Å². The van der Waals surface area contributed by atoms with Crippen molar-refractivity contribution in [2.75, 3.05) is 19.6 Å². The van der Waals surface area contributed by atoms with Crippen LogP contribution in [0.25, 0.3) is 0 Å². The minimum absolute atomic E-state index is 0.510. The molecule has 0 bridgehead atoms. The number of nitrogens with one attached hydrogen (secondary N) is 2. The highest BCUT2D eigenvalue weighted by atomic mass is 35.5. The largest absolute Gasteiger partial charge is 0.312 e. The molecular weight excluding hydrogens is 200 g/mol. The Hall–Kier alpha value is -0.580. The van der Waals surface area contributed by atoms with Crippen LogP contribution in [0, 0.1) is 0 Å². The van der Waals surface area contributed by atoms with Gasteiger partial charge in [0.15, 0.2) is 5.15 Å². The van der Waals surface area contributed by atoms with Crippen LogP contribution in [0.2, 0.25) is 5.15 Å². The van der Waals surface area contributed by atoms with Gasteiger partial charge < -0.3 is 10.6 Å². The maximum atomic E-state index is 6.11. The minimum Gasteiger partial charge on any atom is -0.312 e. The average molecular weight is 213 g/mol. The molecule has 0 spiro atoms. The Kier molecular flexibility index (Phi) is 2.00. The lowest BCUT2D eigenvalue weighted by Crippen LogP contribution is -2.45. The maximum absolute atomic E-state index is 6.11. The first-order valence-corrected chi connectivity index (χ1v) is 5.41. The van der Waals surface area contributed by atoms with Crippen LogP contribution in [0.15, 0.2) is 0 Å². The van der Waals surface area contributed by atoms with Crippen LogP contribution in [0.5, 0.6) is 0 Å². The zero-order valence-electron chi connectivity index (χ0n) is 7.89. The van der Waals surface area contributed by atoms with E-state index in [1.165, 1.54) is 11.3 Å². The number of fused-ring (bicyclic) bond motifs is 1. The van der Waals surface area contributed by atoms with Gasteiger partial charge in [-0.3, -0.25) is 4.68 Å². The van der Waals surface area contributed by atoms with Crippen LogP contribution in [-0.4, -0.2) is 29.4 Å². The predicted molar refractivity (Wildman–Crippen MR) is 54.6 cm³/mol. The van der Waals surface area contributed by atoms with Gasteiger partial charge in [0.25, 0.3) is 0 Å². The molecule has 14 heavy (non-hydrogen) atoms. The summed E-state index contributed by atoms with van der Waals surface area (Å²) in [4.78, 5) is 0. The number of nitrogens with zero attached hydrogens (tertiary/aromatic N) is 2.